The maximum atomic E-state index is 13.0. The van der Waals surface area contributed by atoms with E-state index in [2.05, 4.69) is 19.2 Å². The second-order valence-electron chi connectivity index (χ2n) is 5.87. The third kappa shape index (κ3) is 2.93. The molecule has 0 saturated carbocycles. The lowest BCUT2D eigenvalue weighted by molar-refractivity contribution is 0.157. The number of hydrogen-bond donors (Lipinski definition) is 1. The van der Waals surface area contributed by atoms with Gasteiger partial charge in [-0.05, 0) is 43.7 Å². The van der Waals surface area contributed by atoms with E-state index in [0.29, 0.717) is 29.8 Å². The molecule has 1 N–H and O–H groups in total. The number of rotatable bonds is 4. The van der Waals surface area contributed by atoms with Crippen LogP contribution in [0.3, 0.4) is 0 Å². The fraction of sp³-hybridized carbons (Fsp3) is 0.714. The zero-order chi connectivity index (χ0) is 14.9. The smallest absolute Gasteiger partial charge is 0.244 e. The minimum absolute atomic E-state index is 0.0681. The Bertz CT molecular complexity index is 553. The number of nitrogens with one attached hydrogen (secondary N) is 1. The Morgan fingerprint density at radius 3 is 2.75 bits per heavy atom. The van der Waals surface area contributed by atoms with Gasteiger partial charge in [0, 0.05) is 24.0 Å². The molecule has 0 amide bonds. The number of thiophene rings is 1. The average Bonchev–Trinajstić information content (AvgIpc) is 2.83. The van der Waals surface area contributed by atoms with Crippen LogP contribution in [0.2, 0.25) is 0 Å². The van der Waals surface area contributed by atoms with Crippen LogP contribution in [0.25, 0.3) is 0 Å². The highest BCUT2D eigenvalue weighted by Gasteiger charge is 2.38. The van der Waals surface area contributed by atoms with Crippen LogP contribution >= 0.6 is 11.3 Å². The molecular formula is C14H24N2O2S2. The van der Waals surface area contributed by atoms with Gasteiger partial charge in [0.25, 0.3) is 0 Å². The molecule has 114 valence electrons. The lowest BCUT2D eigenvalue weighted by Crippen LogP contribution is -2.48. The predicted molar refractivity (Wildman–Crippen MR) is 83.4 cm³/mol. The summed E-state index contributed by atoms with van der Waals surface area (Å²) in [5.74, 6) is 0.822. The van der Waals surface area contributed by atoms with Crippen molar-refractivity contribution in [3.63, 3.8) is 0 Å². The molecule has 2 rings (SSSR count). The first-order valence-corrected chi connectivity index (χ1v) is 9.42. The summed E-state index contributed by atoms with van der Waals surface area (Å²) in [6.07, 6.45) is 1.10. The first-order valence-electron chi connectivity index (χ1n) is 7.10. The Hall–Kier alpha value is -0.430. The van der Waals surface area contributed by atoms with Crippen LogP contribution in [0.4, 0.5) is 0 Å². The highest BCUT2D eigenvalue weighted by Crippen LogP contribution is 2.33. The number of piperidine rings is 1. The van der Waals surface area contributed by atoms with Gasteiger partial charge in [-0.2, -0.15) is 4.31 Å². The van der Waals surface area contributed by atoms with Crippen molar-refractivity contribution in [1.82, 2.24) is 9.62 Å². The van der Waals surface area contributed by atoms with Gasteiger partial charge in [-0.25, -0.2) is 8.42 Å². The van der Waals surface area contributed by atoms with Gasteiger partial charge in [0.05, 0.1) is 4.90 Å². The fourth-order valence-corrected chi connectivity index (χ4v) is 6.23. The zero-order valence-corrected chi connectivity index (χ0v) is 14.2. The predicted octanol–water partition coefficient (Wildman–Crippen LogP) is 2.52. The first-order chi connectivity index (χ1) is 9.37. The van der Waals surface area contributed by atoms with Crippen LogP contribution in [-0.4, -0.2) is 32.4 Å². The van der Waals surface area contributed by atoms with Crippen LogP contribution in [0.15, 0.2) is 16.3 Å². The van der Waals surface area contributed by atoms with Gasteiger partial charge in [0.15, 0.2) is 0 Å². The highest BCUT2D eigenvalue weighted by atomic mass is 32.2. The standard InChI is InChI=1S/C14H24N2O2S2/c1-10-7-11(2)12(3)16(9-10)20(17,18)14-5-6-19-13(14)8-15-4/h5-6,10-12,15H,7-9H2,1-4H3. The van der Waals surface area contributed by atoms with Crippen molar-refractivity contribution in [2.24, 2.45) is 11.8 Å². The van der Waals surface area contributed by atoms with Gasteiger partial charge in [0.1, 0.15) is 0 Å². The Balaban J connectivity index is 2.36. The molecule has 1 saturated heterocycles. The molecule has 0 spiro atoms. The van der Waals surface area contributed by atoms with Crippen molar-refractivity contribution < 1.29 is 8.42 Å². The minimum atomic E-state index is -3.38. The van der Waals surface area contributed by atoms with E-state index < -0.39 is 10.0 Å². The third-order valence-corrected chi connectivity index (χ3v) is 7.26. The van der Waals surface area contributed by atoms with Crippen LogP contribution in [-0.2, 0) is 16.6 Å². The van der Waals surface area contributed by atoms with Crippen molar-refractivity contribution in [3.05, 3.63) is 16.3 Å². The summed E-state index contributed by atoms with van der Waals surface area (Å²) in [5, 5.41) is 4.90. The second-order valence-corrected chi connectivity index (χ2v) is 8.73. The van der Waals surface area contributed by atoms with Crippen LogP contribution < -0.4 is 5.32 Å². The number of nitrogens with zero attached hydrogens (tertiary/aromatic N) is 1. The minimum Gasteiger partial charge on any atom is -0.315 e. The fourth-order valence-electron chi connectivity index (χ4n) is 2.95. The summed E-state index contributed by atoms with van der Waals surface area (Å²) in [6, 6.07) is 1.81. The Morgan fingerprint density at radius 1 is 1.40 bits per heavy atom. The molecule has 2 heterocycles. The summed E-state index contributed by atoms with van der Waals surface area (Å²) >= 11 is 1.50. The molecule has 20 heavy (non-hydrogen) atoms. The van der Waals surface area contributed by atoms with E-state index in [9.17, 15) is 8.42 Å². The lowest BCUT2D eigenvalue weighted by atomic mass is 9.88. The Kier molecular flexibility index (Phi) is 4.89. The number of hydrogen-bond acceptors (Lipinski definition) is 4. The molecule has 3 atom stereocenters. The van der Waals surface area contributed by atoms with Crippen LogP contribution in [0, 0.1) is 11.8 Å². The molecule has 0 bridgehead atoms. The summed E-state index contributed by atoms with van der Waals surface area (Å²) in [7, 11) is -1.55. The number of sulfonamides is 1. The maximum Gasteiger partial charge on any atom is 0.244 e. The van der Waals surface area contributed by atoms with Crippen molar-refractivity contribution >= 4 is 21.4 Å². The normalized spacial score (nSPS) is 28.7. The Morgan fingerprint density at radius 2 is 2.10 bits per heavy atom. The molecule has 1 aromatic heterocycles. The van der Waals surface area contributed by atoms with Crippen molar-refractivity contribution in [1.29, 1.82) is 0 Å². The molecule has 1 fully saturated rings. The molecule has 1 aromatic rings. The molecule has 1 aliphatic rings. The van der Waals surface area contributed by atoms with Crippen molar-refractivity contribution in [2.75, 3.05) is 13.6 Å². The third-order valence-electron chi connectivity index (χ3n) is 4.17. The first kappa shape index (κ1) is 15.9. The lowest BCUT2D eigenvalue weighted by Gasteiger charge is -2.40. The molecule has 3 unspecified atom stereocenters. The molecule has 6 heteroatoms. The zero-order valence-electron chi connectivity index (χ0n) is 12.6. The van der Waals surface area contributed by atoms with Crippen LogP contribution in [0.5, 0.6) is 0 Å². The summed E-state index contributed by atoms with van der Waals surface area (Å²) in [4.78, 5) is 1.37. The maximum absolute atomic E-state index is 13.0. The molecule has 0 radical (unpaired) electrons. The van der Waals surface area contributed by atoms with E-state index >= 15 is 0 Å². The van der Waals surface area contributed by atoms with Gasteiger partial charge >= 0.3 is 0 Å². The monoisotopic (exact) mass is 316 g/mol. The van der Waals surface area contributed by atoms with E-state index in [1.807, 2.05) is 19.4 Å². The summed E-state index contributed by atoms with van der Waals surface area (Å²) < 4.78 is 27.6. The van der Waals surface area contributed by atoms with Crippen LogP contribution in [0.1, 0.15) is 32.1 Å². The SMILES string of the molecule is CNCc1sccc1S(=O)(=O)N1CC(C)CC(C)C1C. The molecule has 0 aliphatic carbocycles. The van der Waals surface area contributed by atoms with Crippen molar-refractivity contribution in [2.45, 2.75) is 44.7 Å². The largest absolute Gasteiger partial charge is 0.315 e. The van der Waals surface area contributed by atoms with Gasteiger partial charge in [-0.1, -0.05) is 13.8 Å². The second kappa shape index (κ2) is 6.13. The van der Waals surface area contributed by atoms with E-state index in [0.717, 1.165) is 11.3 Å². The topological polar surface area (TPSA) is 49.4 Å². The van der Waals surface area contributed by atoms with E-state index in [4.69, 9.17) is 0 Å². The molecule has 4 nitrogen and oxygen atoms in total. The van der Waals surface area contributed by atoms with Gasteiger partial charge in [-0.15, -0.1) is 11.3 Å². The molecule has 0 aromatic carbocycles. The molecular weight excluding hydrogens is 292 g/mol. The van der Waals surface area contributed by atoms with Gasteiger partial charge in [-0.3, -0.25) is 0 Å². The molecule has 1 aliphatic heterocycles. The van der Waals surface area contributed by atoms with Gasteiger partial charge < -0.3 is 5.32 Å². The van der Waals surface area contributed by atoms with E-state index in [-0.39, 0.29) is 6.04 Å². The van der Waals surface area contributed by atoms with E-state index in [1.165, 1.54) is 11.3 Å². The Labute approximate surface area is 126 Å². The van der Waals surface area contributed by atoms with E-state index in [1.54, 1.807) is 10.4 Å². The van der Waals surface area contributed by atoms with Gasteiger partial charge in [0.2, 0.25) is 10.0 Å². The highest BCUT2D eigenvalue weighted by molar-refractivity contribution is 7.89. The summed E-state index contributed by atoms with van der Waals surface area (Å²) in [5.41, 5.74) is 0. The van der Waals surface area contributed by atoms with Crippen molar-refractivity contribution in [3.8, 4) is 0 Å². The average molecular weight is 316 g/mol. The summed E-state index contributed by atoms with van der Waals surface area (Å²) in [6.45, 7) is 7.53. The quantitative estimate of drug-likeness (QED) is 0.928.